The van der Waals surface area contributed by atoms with E-state index in [1.54, 1.807) is 0 Å². The van der Waals surface area contributed by atoms with Crippen LogP contribution in [-0.4, -0.2) is 12.6 Å². The zero-order valence-corrected chi connectivity index (χ0v) is 35.6. The van der Waals surface area contributed by atoms with Crippen molar-refractivity contribution in [3.63, 3.8) is 0 Å². The van der Waals surface area contributed by atoms with Crippen LogP contribution in [0.25, 0.3) is 111 Å². The van der Waals surface area contributed by atoms with Crippen LogP contribution in [0.1, 0.15) is 12.5 Å². The smallest absolute Gasteiger partial charge is 0.108 e. The van der Waals surface area contributed by atoms with Gasteiger partial charge in [-0.1, -0.05) is 183 Å². The van der Waals surface area contributed by atoms with E-state index < -0.39 is 8.07 Å². The molecule has 0 atom stereocenters. The minimum atomic E-state index is -2.03. The molecule has 0 unspecified atom stereocenters. The molecule has 0 aliphatic carbocycles. The normalized spacial score (nSPS) is 14.0. The molecule has 1 aliphatic rings. The van der Waals surface area contributed by atoms with Crippen LogP contribution in [0, 0.1) is 0 Å². The summed E-state index contributed by atoms with van der Waals surface area (Å²) in [5, 5.41) is 18.0. The summed E-state index contributed by atoms with van der Waals surface area (Å²) in [6, 6.07) is 69.6. The predicted octanol–water partition coefficient (Wildman–Crippen LogP) is 13.9. The fraction of sp³-hybridized carbons (Fsp3) is 0.0508. The number of rotatable bonds is 4. The Morgan fingerprint density at radius 3 is 1.56 bits per heavy atom. The van der Waals surface area contributed by atoms with Gasteiger partial charge in [-0.05, 0) is 135 Å². The van der Waals surface area contributed by atoms with Gasteiger partial charge in [-0.3, -0.25) is 0 Å². The van der Waals surface area contributed by atoms with Crippen LogP contribution < -0.4 is 15.6 Å². The van der Waals surface area contributed by atoms with Gasteiger partial charge in [0.05, 0.1) is 11.0 Å². The van der Waals surface area contributed by atoms with Crippen molar-refractivity contribution in [1.29, 1.82) is 0 Å². The predicted molar refractivity (Wildman–Crippen MR) is 267 cm³/mol. The molecule has 1 aliphatic heterocycles. The molecule has 12 rings (SSSR count). The largest absolute Gasteiger partial charge is 0.309 e. The van der Waals surface area contributed by atoms with E-state index in [9.17, 15) is 0 Å². The van der Waals surface area contributed by atoms with Crippen molar-refractivity contribution in [2.24, 2.45) is 0 Å². The molecule has 0 saturated carbocycles. The van der Waals surface area contributed by atoms with Gasteiger partial charge >= 0.3 is 0 Å². The summed E-state index contributed by atoms with van der Waals surface area (Å²) in [5.41, 5.74) is 11.4. The highest BCUT2D eigenvalue weighted by atomic mass is 28.3. The van der Waals surface area contributed by atoms with Gasteiger partial charge in [-0.25, -0.2) is 0 Å². The Balaban J connectivity index is 1.06. The van der Waals surface area contributed by atoms with Crippen LogP contribution in [0.15, 0.2) is 193 Å². The Morgan fingerprint density at radius 1 is 0.443 bits per heavy atom. The SMILES string of the molecule is C=c1/c(=C\C2=C(C)[Si](C)(C)c3cc(-c4c5ccccc5c(-c5ccc6c(c5)c5ccccc5n6-c5ccccc5)c5ccccc45)ccc32)c2ccccc2c2ccccc12. The third-order valence-corrected chi connectivity index (χ3v) is 17.8. The number of benzene rings is 10. The molecule has 0 saturated heterocycles. The van der Waals surface area contributed by atoms with Crippen LogP contribution in [0.2, 0.25) is 13.1 Å². The molecule has 0 radical (unpaired) electrons. The highest BCUT2D eigenvalue weighted by molar-refractivity contribution is 6.98. The molecular weight excluding hydrogens is 751 g/mol. The summed E-state index contributed by atoms with van der Waals surface area (Å²) in [6.45, 7) is 12.1. The quantitative estimate of drug-likeness (QED) is 0.0950. The fourth-order valence-corrected chi connectivity index (χ4v) is 13.4. The van der Waals surface area contributed by atoms with E-state index >= 15 is 0 Å². The average molecular weight is 794 g/mol. The third kappa shape index (κ3) is 5.19. The highest BCUT2D eigenvalue weighted by Gasteiger charge is 2.37. The zero-order chi connectivity index (χ0) is 41.0. The Morgan fingerprint density at radius 2 is 0.918 bits per heavy atom. The van der Waals surface area contributed by atoms with E-state index in [0.717, 1.165) is 5.22 Å². The molecule has 1 nitrogen and oxygen atoms in total. The summed E-state index contributed by atoms with van der Waals surface area (Å²) in [6.07, 6.45) is 2.46. The highest BCUT2D eigenvalue weighted by Crippen LogP contribution is 2.46. The van der Waals surface area contributed by atoms with Gasteiger partial charge in [0, 0.05) is 16.5 Å². The summed E-state index contributed by atoms with van der Waals surface area (Å²) in [4.78, 5) is 0. The number of hydrogen-bond donors (Lipinski definition) is 0. The molecule has 0 amide bonds. The van der Waals surface area contributed by atoms with E-state index in [2.05, 4.69) is 219 Å². The minimum absolute atomic E-state index is 1.10. The molecule has 0 bridgehead atoms. The number of nitrogens with zero attached hydrogens (tertiary/aromatic N) is 1. The van der Waals surface area contributed by atoms with Crippen LogP contribution in [0.5, 0.6) is 0 Å². The van der Waals surface area contributed by atoms with Crippen LogP contribution in [0.4, 0.5) is 0 Å². The van der Waals surface area contributed by atoms with Crippen molar-refractivity contribution in [2.75, 3.05) is 0 Å². The standard InChI is InChI=1S/C59H43NSi/c1-37-42-20-8-9-21-43(42)44-22-10-11-23-45(44)52(37)36-53-38(2)61(3,4)57-35-40(30-32-47(53)57)59-50-27-14-12-25-48(50)58(49-26-13-15-28-51(49)59)39-31-33-56-54(34-39)46-24-16-17-29-55(46)60(56)41-18-6-5-7-19-41/h5-36H,1H2,2-4H3/b52-36+. The van der Waals surface area contributed by atoms with Gasteiger partial charge < -0.3 is 4.57 Å². The number of para-hydroxylation sites is 2. The maximum absolute atomic E-state index is 4.70. The molecule has 61 heavy (non-hydrogen) atoms. The molecule has 0 spiro atoms. The molecule has 0 fully saturated rings. The lowest BCUT2D eigenvalue weighted by molar-refractivity contribution is 1.18. The first-order chi connectivity index (χ1) is 29.9. The molecule has 11 aromatic rings. The lowest BCUT2D eigenvalue weighted by Crippen LogP contribution is -2.40. The lowest BCUT2D eigenvalue weighted by atomic mass is 9.85. The van der Waals surface area contributed by atoms with Crippen molar-refractivity contribution >= 4 is 96.4 Å². The van der Waals surface area contributed by atoms with Gasteiger partial charge in [-0.2, -0.15) is 0 Å². The van der Waals surface area contributed by atoms with Gasteiger partial charge in [0.25, 0.3) is 0 Å². The van der Waals surface area contributed by atoms with Crippen molar-refractivity contribution in [2.45, 2.75) is 20.0 Å². The molecule has 0 N–H and O–H groups in total. The van der Waals surface area contributed by atoms with E-state index in [4.69, 9.17) is 6.58 Å². The first-order valence-corrected chi connectivity index (χ1v) is 24.4. The first kappa shape index (κ1) is 35.7. The van der Waals surface area contributed by atoms with E-state index in [-0.39, 0.29) is 0 Å². The maximum Gasteiger partial charge on any atom is 0.108 e. The lowest BCUT2D eigenvalue weighted by Gasteiger charge is -2.22. The van der Waals surface area contributed by atoms with Crippen LogP contribution in [0.3, 0.4) is 0 Å². The Kier molecular flexibility index (Phi) is 7.82. The zero-order valence-electron chi connectivity index (χ0n) is 34.6. The minimum Gasteiger partial charge on any atom is -0.309 e. The second kappa shape index (κ2) is 13.4. The van der Waals surface area contributed by atoms with Crippen molar-refractivity contribution in [1.82, 2.24) is 4.57 Å². The molecule has 2 heteroatoms. The number of allylic oxidation sites excluding steroid dienone is 2. The number of hydrogen-bond acceptors (Lipinski definition) is 0. The van der Waals surface area contributed by atoms with Gasteiger partial charge in [0.2, 0.25) is 0 Å². The van der Waals surface area contributed by atoms with Gasteiger partial charge in [-0.15, -0.1) is 0 Å². The van der Waals surface area contributed by atoms with E-state index in [0.29, 0.717) is 0 Å². The number of fused-ring (bicyclic) bond motifs is 9. The second-order valence-electron chi connectivity index (χ2n) is 17.3. The third-order valence-electron chi connectivity index (χ3n) is 13.9. The fourth-order valence-electron chi connectivity index (χ4n) is 10.7. The van der Waals surface area contributed by atoms with Crippen LogP contribution >= 0.6 is 0 Å². The van der Waals surface area contributed by atoms with Crippen molar-refractivity contribution in [3.05, 3.63) is 209 Å². The summed E-state index contributed by atoms with van der Waals surface area (Å²) in [5.74, 6) is 0. The first-order valence-electron chi connectivity index (χ1n) is 21.4. The number of aromatic nitrogens is 1. The summed E-state index contributed by atoms with van der Waals surface area (Å²) < 4.78 is 2.40. The Bertz CT molecular complexity index is 3750. The van der Waals surface area contributed by atoms with Crippen molar-refractivity contribution in [3.8, 4) is 27.9 Å². The molecule has 2 heterocycles. The van der Waals surface area contributed by atoms with Gasteiger partial charge in [0.15, 0.2) is 0 Å². The summed E-state index contributed by atoms with van der Waals surface area (Å²) in [7, 11) is -2.03. The monoisotopic (exact) mass is 793 g/mol. The Hall–Kier alpha value is -7.26. The van der Waals surface area contributed by atoms with Crippen LogP contribution in [-0.2, 0) is 0 Å². The van der Waals surface area contributed by atoms with Crippen molar-refractivity contribution < 1.29 is 0 Å². The molecule has 1 aromatic heterocycles. The maximum atomic E-state index is 4.70. The van der Waals surface area contributed by atoms with E-state index in [1.807, 2.05) is 0 Å². The second-order valence-corrected chi connectivity index (χ2v) is 21.9. The average Bonchev–Trinajstić information content (AvgIpc) is 3.73. The molecule has 288 valence electrons. The summed E-state index contributed by atoms with van der Waals surface area (Å²) >= 11 is 0. The Labute approximate surface area is 356 Å². The topological polar surface area (TPSA) is 4.93 Å². The molecular formula is C59H43NSi. The van der Waals surface area contributed by atoms with E-state index in [1.165, 1.54) is 120 Å². The molecule has 10 aromatic carbocycles. The van der Waals surface area contributed by atoms with Gasteiger partial charge in [0.1, 0.15) is 8.07 Å².